The van der Waals surface area contributed by atoms with Crippen molar-refractivity contribution in [3.05, 3.63) is 131 Å². The summed E-state index contributed by atoms with van der Waals surface area (Å²) in [5, 5.41) is 2.62. The van der Waals surface area contributed by atoms with E-state index in [-0.39, 0.29) is 18.0 Å². The second-order valence-electron chi connectivity index (χ2n) is 7.86. The van der Waals surface area contributed by atoms with E-state index in [0.29, 0.717) is 16.7 Å². The molecule has 1 heterocycles. The number of rotatable bonds is 7. The normalized spacial score (nSPS) is 11.4. The fraction of sp³-hybridized carbons (Fsp3) is 0.111. The van der Waals surface area contributed by atoms with Crippen LogP contribution in [0.3, 0.4) is 0 Å². The van der Waals surface area contributed by atoms with E-state index in [4.69, 9.17) is 4.74 Å². The molecule has 0 aliphatic carbocycles. The highest BCUT2D eigenvalue weighted by Gasteiger charge is 2.29. The molecule has 0 aliphatic heterocycles. The van der Waals surface area contributed by atoms with Gasteiger partial charge in [0.15, 0.2) is 6.10 Å². The van der Waals surface area contributed by atoms with Gasteiger partial charge in [0.25, 0.3) is 5.91 Å². The molecule has 0 unspecified atom stereocenters. The van der Waals surface area contributed by atoms with Gasteiger partial charge in [0.05, 0.1) is 11.1 Å². The summed E-state index contributed by atoms with van der Waals surface area (Å²) in [6.45, 7) is 0.0342. The van der Waals surface area contributed by atoms with Gasteiger partial charge in [0.2, 0.25) is 5.88 Å². The van der Waals surface area contributed by atoms with Crippen LogP contribution in [0, 0.1) is 11.6 Å². The number of carbonyl (C=O) groups is 1. The van der Waals surface area contributed by atoms with Gasteiger partial charge in [0, 0.05) is 18.8 Å². The van der Waals surface area contributed by atoms with E-state index in [2.05, 4.69) is 10.3 Å². The van der Waals surface area contributed by atoms with Crippen LogP contribution < -0.4 is 10.1 Å². The van der Waals surface area contributed by atoms with E-state index in [1.54, 1.807) is 24.3 Å². The zero-order valence-electron chi connectivity index (χ0n) is 18.6. The van der Waals surface area contributed by atoms with Crippen molar-refractivity contribution in [2.24, 2.45) is 0 Å². The molecule has 0 aliphatic rings. The summed E-state index contributed by atoms with van der Waals surface area (Å²) < 4.78 is 70.8. The fourth-order valence-electron chi connectivity index (χ4n) is 3.40. The van der Waals surface area contributed by atoms with Gasteiger partial charge in [-0.3, -0.25) is 4.79 Å². The molecule has 0 bridgehead atoms. The van der Waals surface area contributed by atoms with Gasteiger partial charge in [-0.2, -0.15) is 13.2 Å². The van der Waals surface area contributed by atoms with Crippen LogP contribution in [-0.2, 0) is 12.7 Å². The van der Waals surface area contributed by atoms with Crippen LogP contribution in [0.2, 0.25) is 0 Å². The minimum absolute atomic E-state index is 0.0342. The molecule has 1 aromatic heterocycles. The zero-order valence-corrected chi connectivity index (χ0v) is 18.6. The van der Waals surface area contributed by atoms with Crippen molar-refractivity contribution in [2.45, 2.75) is 18.8 Å². The Morgan fingerprint density at radius 2 is 1.36 bits per heavy atom. The van der Waals surface area contributed by atoms with E-state index in [9.17, 15) is 26.7 Å². The lowest BCUT2D eigenvalue weighted by atomic mass is 10.0. The quantitative estimate of drug-likeness (QED) is 0.297. The third-order valence-corrected chi connectivity index (χ3v) is 5.32. The SMILES string of the molecule is O=C(NCc1ccc(C(F)(F)F)cc1)c1ccc(OC(c2ccc(F)cc2)c2ccc(F)cc2)nc1. The molecule has 0 fully saturated rings. The van der Waals surface area contributed by atoms with Crippen LogP contribution in [0.1, 0.15) is 38.7 Å². The summed E-state index contributed by atoms with van der Waals surface area (Å²) >= 11 is 0. The average molecular weight is 498 g/mol. The van der Waals surface area contributed by atoms with E-state index < -0.39 is 35.4 Å². The molecule has 9 heteroatoms. The summed E-state index contributed by atoms with van der Waals surface area (Å²) in [5.41, 5.74) is 1.18. The summed E-state index contributed by atoms with van der Waals surface area (Å²) in [4.78, 5) is 16.6. The first-order chi connectivity index (χ1) is 17.2. The number of ether oxygens (including phenoxy) is 1. The maximum absolute atomic E-state index is 13.4. The number of hydrogen-bond donors (Lipinski definition) is 1. The van der Waals surface area contributed by atoms with Gasteiger partial charge in [-0.25, -0.2) is 13.8 Å². The van der Waals surface area contributed by atoms with Crippen molar-refractivity contribution in [3.8, 4) is 5.88 Å². The maximum atomic E-state index is 13.4. The molecular weight excluding hydrogens is 479 g/mol. The number of hydrogen-bond acceptors (Lipinski definition) is 3. The Balaban J connectivity index is 1.43. The van der Waals surface area contributed by atoms with Crippen molar-refractivity contribution in [2.75, 3.05) is 0 Å². The van der Waals surface area contributed by atoms with Crippen LogP contribution >= 0.6 is 0 Å². The molecule has 36 heavy (non-hydrogen) atoms. The smallest absolute Gasteiger partial charge is 0.416 e. The van der Waals surface area contributed by atoms with E-state index in [1.165, 1.54) is 54.7 Å². The first-order valence-electron chi connectivity index (χ1n) is 10.8. The number of amides is 1. The number of benzene rings is 3. The Hall–Kier alpha value is -4.27. The van der Waals surface area contributed by atoms with Crippen LogP contribution in [0.25, 0.3) is 0 Å². The number of aromatic nitrogens is 1. The molecular formula is C27H19F5N2O2. The van der Waals surface area contributed by atoms with Crippen molar-refractivity contribution >= 4 is 5.91 Å². The van der Waals surface area contributed by atoms with Crippen LogP contribution in [0.5, 0.6) is 5.88 Å². The number of pyridine rings is 1. The molecule has 1 amide bonds. The maximum Gasteiger partial charge on any atom is 0.416 e. The molecule has 3 aromatic carbocycles. The Morgan fingerprint density at radius 3 is 1.83 bits per heavy atom. The minimum atomic E-state index is -4.43. The van der Waals surface area contributed by atoms with Crippen LogP contribution in [0.15, 0.2) is 91.1 Å². The molecule has 4 aromatic rings. The Labute approximate surface area is 203 Å². The van der Waals surface area contributed by atoms with E-state index >= 15 is 0 Å². The van der Waals surface area contributed by atoms with Gasteiger partial charge in [-0.1, -0.05) is 36.4 Å². The number of carbonyl (C=O) groups excluding carboxylic acids is 1. The van der Waals surface area contributed by atoms with Gasteiger partial charge in [0.1, 0.15) is 11.6 Å². The molecule has 0 radical (unpaired) electrons. The van der Waals surface area contributed by atoms with E-state index in [1.807, 2.05) is 0 Å². The monoisotopic (exact) mass is 498 g/mol. The zero-order chi connectivity index (χ0) is 25.7. The van der Waals surface area contributed by atoms with Gasteiger partial charge in [-0.05, 0) is 59.2 Å². The molecule has 0 atom stereocenters. The Kier molecular flexibility index (Phi) is 7.28. The standard InChI is InChI=1S/C27H19F5N2O2/c28-22-10-3-18(4-11-22)25(19-5-12-23(29)13-6-19)36-24-14-7-20(16-33-24)26(35)34-15-17-1-8-21(9-2-17)27(30,31)32/h1-14,16,25H,15H2,(H,34,35). The third kappa shape index (κ3) is 6.24. The highest BCUT2D eigenvalue weighted by molar-refractivity contribution is 5.93. The Morgan fingerprint density at radius 1 is 0.806 bits per heavy atom. The lowest BCUT2D eigenvalue weighted by Gasteiger charge is -2.19. The topological polar surface area (TPSA) is 51.2 Å². The predicted octanol–water partition coefficient (Wildman–Crippen LogP) is 6.48. The molecule has 1 N–H and O–H groups in total. The summed E-state index contributed by atoms with van der Waals surface area (Å²) in [5.74, 6) is -1.13. The second kappa shape index (κ2) is 10.6. The average Bonchev–Trinajstić information content (AvgIpc) is 2.87. The number of halogens is 5. The van der Waals surface area contributed by atoms with Crippen molar-refractivity contribution in [3.63, 3.8) is 0 Å². The van der Waals surface area contributed by atoms with Gasteiger partial charge >= 0.3 is 6.18 Å². The molecule has 0 saturated heterocycles. The molecule has 4 rings (SSSR count). The third-order valence-electron chi connectivity index (χ3n) is 5.32. The second-order valence-corrected chi connectivity index (χ2v) is 7.86. The minimum Gasteiger partial charge on any atom is -0.465 e. The first kappa shape index (κ1) is 24.8. The Bertz CT molecular complexity index is 1260. The first-order valence-corrected chi connectivity index (χ1v) is 10.8. The lowest BCUT2D eigenvalue weighted by Crippen LogP contribution is -2.23. The number of nitrogens with one attached hydrogen (secondary N) is 1. The van der Waals surface area contributed by atoms with Crippen molar-refractivity contribution in [1.29, 1.82) is 0 Å². The fourth-order valence-corrected chi connectivity index (χ4v) is 3.40. The lowest BCUT2D eigenvalue weighted by molar-refractivity contribution is -0.137. The van der Waals surface area contributed by atoms with Gasteiger partial charge < -0.3 is 10.1 Å². The summed E-state index contributed by atoms with van der Waals surface area (Å²) in [6, 6.07) is 18.8. The molecule has 0 spiro atoms. The molecule has 4 nitrogen and oxygen atoms in total. The van der Waals surface area contributed by atoms with Gasteiger partial charge in [-0.15, -0.1) is 0 Å². The highest BCUT2D eigenvalue weighted by Crippen LogP contribution is 2.30. The van der Waals surface area contributed by atoms with Crippen molar-refractivity contribution < 1.29 is 31.5 Å². The largest absolute Gasteiger partial charge is 0.465 e. The van der Waals surface area contributed by atoms with E-state index in [0.717, 1.165) is 12.1 Å². The summed E-state index contributed by atoms with van der Waals surface area (Å²) in [6.07, 6.45) is -3.84. The molecule has 0 saturated carbocycles. The number of alkyl halides is 3. The summed E-state index contributed by atoms with van der Waals surface area (Å²) in [7, 11) is 0. The van der Waals surface area contributed by atoms with Crippen LogP contribution in [0.4, 0.5) is 22.0 Å². The van der Waals surface area contributed by atoms with Crippen molar-refractivity contribution in [1.82, 2.24) is 10.3 Å². The molecule has 184 valence electrons. The van der Waals surface area contributed by atoms with Crippen LogP contribution in [-0.4, -0.2) is 10.9 Å². The number of nitrogens with zero attached hydrogens (tertiary/aromatic N) is 1. The highest BCUT2D eigenvalue weighted by atomic mass is 19.4. The predicted molar refractivity (Wildman–Crippen MR) is 122 cm³/mol.